The number of carbonyl (C=O) groups is 1. The quantitative estimate of drug-likeness (QED) is 0.558. The predicted octanol–water partition coefficient (Wildman–Crippen LogP) is 4.32. The van der Waals surface area contributed by atoms with Crippen LogP contribution in [-0.2, 0) is 20.9 Å². The molecule has 0 radical (unpaired) electrons. The Morgan fingerprint density at radius 3 is 2.52 bits per heavy atom. The fourth-order valence-corrected chi connectivity index (χ4v) is 3.03. The topological polar surface area (TPSA) is 62.6 Å². The van der Waals surface area contributed by atoms with Crippen molar-refractivity contribution in [1.82, 2.24) is 9.78 Å². The summed E-state index contributed by atoms with van der Waals surface area (Å²) in [5, 5.41) is 4.76. The number of benzene rings is 2. The summed E-state index contributed by atoms with van der Waals surface area (Å²) in [4.78, 5) is 11.9. The number of hydrogen-bond acceptors (Lipinski definition) is 5. The number of nitrogens with zero attached hydrogens (tertiary/aromatic N) is 2. The maximum absolute atomic E-state index is 11.9. The van der Waals surface area contributed by atoms with Gasteiger partial charge in [0.2, 0.25) is 0 Å². The first-order valence-electron chi connectivity index (χ1n) is 9.37. The fraction of sp³-hybridized carbons (Fsp3) is 0.304. The molecule has 6 nitrogen and oxygen atoms in total. The monoisotopic (exact) mass is 394 g/mol. The van der Waals surface area contributed by atoms with E-state index in [1.54, 1.807) is 21.0 Å². The first-order chi connectivity index (χ1) is 13.9. The lowest BCUT2D eigenvalue weighted by molar-refractivity contribution is -0.166. The highest BCUT2D eigenvalue weighted by atomic mass is 16.6. The number of ether oxygens (including phenoxy) is 3. The molecule has 0 unspecified atom stereocenters. The van der Waals surface area contributed by atoms with Crippen LogP contribution in [0.2, 0.25) is 0 Å². The standard InChI is InChI=1S/C23H26N2O4/c1-16-9-6-7-12-20(16)25-21(17-10-8-11-19(13-17)27-4)14-18(24-25)15-29-23(2,3)22(26)28-5/h6-14H,15H2,1-5H3. The van der Waals surface area contributed by atoms with Crippen LogP contribution in [0.4, 0.5) is 0 Å². The molecule has 0 saturated heterocycles. The SMILES string of the molecule is COC(=O)C(C)(C)OCc1cc(-c2cccc(OC)c2)n(-c2ccccc2C)n1. The Bertz CT molecular complexity index is 1010. The molecule has 0 amide bonds. The molecular weight excluding hydrogens is 368 g/mol. The number of methoxy groups -OCH3 is 2. The molecule has 0 spiro atoms. The zero-order valence-corrected chi connectivity index (χ0v) is 17.4. The number of aromatic nitrogens is 2. The largest absolute Gasteiger partial charge is 0.497 e. The van der Waals surface area contributed by atoms with E-state index in [2.05, 4.69) is 0 Å². The number of hydrogen-bond donors (Lipinski definition) is 0. The van der Waals surface area contributed by atoms with E-state index in [0.717, 1.165) is 28.3 Å². The van der Waals surface area contributed by atoms with E-state index >= 15 is 0 Å². The third-order valence-corrected chi connectivity index (χ3v) is 4.73. The Labute approximate surface area is 171 Å². The van der Waals surface area contributed by atoms with Gasteiger partial charge in [-0.2, -0.15) is 5.10 Å². The molecule has 1 aromatic heterocycles. The van der Waals surface area contributed by atoms with Gasteiger partial charge in [0.1, 0.15) is 5.75 Å². The van der Waals surface area contributed by atoms with Crippen molar-refractivity contribution in [2.75, 3.05) is 14.2 Å². The average Bonchev–Trinajstić information content (AvgIpc) is 3.16. The number of para-hydroxylation sites is 1. The van der Waals surface area contributed by atoms with Crippen LogP contribution in [0.1, 0.15) is 25.1 Å². The van der Waals surface area contributed by atoms with E-state index in [9.17, 15) is 4.79 Å². The number of carbonyl (C=O) groups excluding carboxylic acids is 1. The minimum Gasteiger partial charge on any atom is -0.497 e. The average molecular weight is 394 g/mol. The predicted molar refractivity (Wildman–Crippen MR) is 111 cm³/mol. The minimum atomic E-state index is -1.06. The van der Waals surface area contributed by atoms with Gasteiger partial charge in [-0.3, -0.25) is 0 Å². The van der Waals surface area contributed by atoms with Crippen molar-refractivity contribution in [3.05, 3.63) is 65.9 Å². The van der Waals surface area contributed by atoms with Gasteiger partial charge < -0.3 is 14.2 Å². The number of rotatable bonds is 7. The van der Waals surface area contributed by atoms with Crippen LogP contribution in [0.3, 0.4) is 0 Å². The third kappa shape index (κ3) is 4.49. The molecule has 0 aliphatic heterocycles. The molecule has 0 saturated carbocycles. The summed E-state index contributed by atoms with van der Waals surface area (Å²) in [6, 6.07) is 17.8. The van der Waals surface area contributed by atoms with Gasteiger partial charge in [-0.15, -0.1) is 0 Å². The van der Waals surface area contributed by atoms with Crippen LogP contribution in [0.15, 0.2) is 54.6 Å². The molecule has 3 rings (SSSR count). The van der Waals surface area contributed by atoms with Gasteiger partial charge in [-0.1, -0.05) is 30.3 Å². The third-order valence-electron chi connectivity index (χ3n) is 4.73. The van der Waals surface area contributed by atoms with Gasteiger partial charge in [0.15, 0.2) is 5.60 Å². The Morgan fingerprint density at radius 2 is 1.83 bits per heavy atom. The number of esters is 1. The van der Waals surface area contributed by atoms with Crippen LogP contribution in [0.5, 0.6) is 5.75 Å². The fourth-order valence-electron chi connectivity index (χ4n) is 3.03. The lowest BCUT2D eigenvalue weighted by Gasteiger charge is -2.21. The highest BCUT2D eigenvalue weighted by Gasteiger charge is 2.30. The maximum Gasteiger partial charge on any atom is 0.337 e. The van der Waals surface area contributed by atoms with Gasteiger partial charge in [-0.25, -0.2) is 9.48 Å². The first kappa shape index (κ1) is 20.6. The minimum absolute atomic E-state index is 0.179. The molecule has 29 heavy (non-hydrogen) atoms. The van der Waals surface area contributed by atoms with Gasteiger partial charge in [0, 0.05) is 5.56 Å². The summed E-state index contributed by atoms with van der Waals surface area (Å²) >= 11 is 0. The van der Waals surface area contributed by atoms with Crippen LogP contribution in [0, 0.1) is 6.92 Å². The second-order valence-electron chi connectivity index (χ2n) is 7.24. The van der Waals surface area contributed by atoms with E-state index in [1.807, 2.05) is 66.2 Å². The highest BCUT2D eigenvalue weighted by Crippen LogP contribution is 2.29. The van der Waals surface area contributed by atoms with Crippen molar-refractivity contribution in [3.63, 3.8) is 0 Å². The molecule has 3 aromatic rings. The smallest absolute Gasteiger partial charge is 0.337 e. The maximum atomic E-state index is 11.9. The molecule has 0 aliphatic carbocycles. The molecule has 0 aliphatic rings. The Balaban J connectivity index is 2.02. The molecule has 152 valence electrons. The van der Waals surface area contributed by atoms with E-state index in [1.165, 1.54) is 7.11 Å². The van der Waals surface area contributed by atoms with Crippen molar-refractivity contribution in [2.24, 2.45) is 0 Å². The van der Waals surface area contributed by atoms with E-state index in [0.29, 0.717) is 5.69 Å². The summed E-state index contributed by atoms with van der Waals surface area (Å²) in [5.41, 5.74) is 3.61. The molecular formula is C23H26N2O4. The molecule has 0 bridgehead atoms. The Kier molecular flexibility index (Phi) is 6.03. The van der Waals surface area contributed by atoms with E-state index < -0.39 is 11.6 Å². The lowest BCUT2D eigenvalue weighted by Crippen LogP contribution is -2.35. The molecule has 2 aromatic carbocycles. The summed E-state index contributed by atoms with van der Waals surface area (Å²) in [7, 11) is 2.99. The van der Waals surface area contributed by atoms with Crippen LogP contribution in [-0.4, -0.2) is 35.6 Å². The summed E-state index contributed by atoms with van der Waals surface area (Å²) in [5.74, 6) is 0.341. The first-order valence-corrected chi connectivity index (χ1v) is 9.37. The van der Waals surface area contributed by atoms with Gasteiger partial charge in [-0.05, 0) is 50.6 Å². The molecule has 1 heterocycles. The zero-order valence-electron chi connectivity index (χ0n) is 17.4. The Hall–Kier alpha value is -3.12. The highest BCUT2D eigenvalue weighted by molar-refractivity contribution is 5.78. The molecule has 0 N–H and O–H groups in total. The van der Waals surface area contributed by atoms with E-state index in [4.69, 9.17) is 19.3 Å². The van der Waals surface area contributed by atoms with Crippen LogP contribution < -0.4 is 4.74 Å². The second kappa shape index (κ2) is 8.49. The second-order valence-corrected chi connectivity index (χ2v) is 7.24. The van der Waals surface area contributed by atoms with Crippen LogP contribution in [0.25, 0.3) is 16.9 Å². The molecule has 0 atom stereocenters. The summed E-state index contributed by atoms with van der Waals surface area (Å²) < 4.78 is 17.9. The zero-order chi connectivity index (χ0) is 21.0. The van der Waals surface area contributed by atoms with Crippen molar-refractivity contribution in [3.8, 4) is 22.7 Å². The molecule has 0 fully saturated rings. The van der Waals surface area contributed by atoms with Crippen molar-refractivity contribution >= 4 is 5.97 Å². The molecule has 6 heteroatoms. The van der Waals surface area contributed by atoms with Crippen molar-refractivity contribution in [2.45, 2.75) is 33.0 Å². The van der Waals surface area contributed by atoms with Crippen LogP contribution >= 0.6 is 0 Å². The van der Waals surface area contributed by atoms with Crippen molar-refractivity contribution < 1.29 is 19.0 Å². The van der Waals surface area contributed by atoms with Gasteiger partial charge in [0.05, 0.1) is 37.9 Å². The van der Waals surface area contributed by atoms with Gasteiger partial charge >= 0.3 is 5.97 Å². The summed E-state index contributed by atoms with van der Waals surface area (Å²) in [6.07, 6.45) is 0. The van der Waals surface area contributed by atoms with E-state index in [-0.39, 0.29) is 6.61 Å². The normalized spacial score (nSPS) is 11.3. The number of aryl methyl sites for hydroxylation is 1. The van der Waals surface area contributed by atoms with Crippen molar-refractivity contribution in [1.29, 1.82) is 0 Å². The summed E-state index contributed by atoms with van der Waals surface area (Å²) in [6.45, 7) is 5.58. The lowest BCUT2D eigenvalue weighted by atomic mass is 10.1. The van der Waals surface area contributed by atoms with Gasteiger partial charge in [0.25, 0.3) is 0 Å². The Morgan fingerprint density at radius 1 is 1.07 bits per heavy atom.